The third-order valence-corrected chi connectivity index (χ3v) is 1.90. The van der Waals surface area contributed by atoms with E-state index in [1.54, 1.807) is 0 Å². The monoisotopic (exact) mass is 217 g/mol. The van der Waals surface area contributed by atoms with E-state index in [2.05, 4.69) is 0 Å². The number of carboxylic acids is 1. The summed E-state index contributed by atoms with van der Waals surface area (Å²) < 4.78 is 36.4. The van der Waals surface area contributed by atoms with Gasteiger partial charge >= 0.3 is 6.18 Å². The number of aliphatic carboxylic acids is 1. The van der Waals surface area contributed by atoms with Crippen LogP contribution in [0.15, 0.2) is 24.3 Å². The predicted molar refractivity (Wildman–Crippen MR) is 44.8 cm³/mol. The highest BCUT2D eigenvalue weighted by atomic mass is 19.4. The molecule has 0 aromatic heterocycles. The van der Waals surface area contributed by atoms with Crippen LogP contribution in [0.2, 0.25) is 0 Å². The van der Waals surface area contributed by atoms with E-state index in [0.717, 1.165) is 12.1 Å². The molecule has 0 fully saturated rings. The van der Waals surface area contributed by atoms with Gasteiger partial charge in [-0.3, -0.25) is 0 Å². The number of hydrogen-bond donors (Lipinski definition) is 0. The molecule has 1 rings (SSSR count). The number of carbonyl (C=O) groups is 1. The Bertz CT molecular complexity index is 341. The van der Waals surface area contributed by atoms with Crippen LogP contribution < -0.4 is 5.11 Å². The molecule has 0 aliphatic carbocycles. The van der Waals surface area contributed by atoms with Crippen molar-refractivity contribution in [2.24, 2.45) is 0 Å². The molecule has 0 aliphatic heterocycles. The van der Waals surface area contributed by atoms with Crippen LogP contribution >= 0.6 is 0 Å². The molecule has 0 unspecified atom stereocenters. The minimum absolute atomic E-state index is 0.181. The second-order valence-corrected chi connectivity index (χ2v) is 3.07. The van der Waals surface area contributed by atoms with E-state index < -0.39 is 17.7 Å². The SMILES string of the molecule is O=C([O-])CCc1ccc(C(F)(F)F)cc1. The highest BCUT2D eigenvalue weighted by Crippen LogP contribution is 2.29. The number of hydrogen-bond acceptors (Lipinski definition) is 2. The second-order valence-electron chi connectivity index (χ2n) is 3.07. The zero-order chi connectivity index (χ0) is 11.5. The van der Waals surface area contributed by atoms with Gasteiger partial charge in [-0.15, -0.1) is 0 Å². The molecular formula is C10H8F3O2-. The van der Waals surface area contributed by atoms with Crippen LogP contribution in [-0.4, -0.2) is 5.97 Å². The van der Waals surface area contributed by atoms with Gasteiger partial charge < -0.3 is 9.90 Å². The molecule has 0 spiro atoms. The third kappa shape index (κ3) is 3.61. The minimum atomic E-state index is -4.35. The average Bonchev–Trinajstić information content (AvgIpc) is 2.14. The lowest BCUT2D eigenvalue weighted by atomic mass is 10.1. The van der Waals surface area contributed by atoms with Gasteiger partial charge in [0.1, 0.15) is 0 Å². The van der Waals surface area contributed by atoms with E-state index in [-0.39, 0.29) is 12.8 Å². The zero-order valence-corrected chi connectivity index (χ0v) is 7.67. The quantitative estimate of drug-likeness (QED) is 0.767. The molecular weight excluding hydrogens is 209 g/mol. The molecule has 0 saturated carbocycles. The van der Waals surface area contributed by atoms with Crippen molar-refractivity contribution < 1.29 is 23.1 Å². The molecule has 0 heterocycles. The number of alkyl halides is 3. The molecule has 0 atom stereocenters. The van der Waals surface area contributed by atoms with Gasteiger partial charge in [0.2, 0.25) is 0 Å². The van der Waals surface area contributed by atoms with Crippen molar-refractivity contribution in [1.82, 2.24) is 0 Å². The van der Waals surface area contributed by atoms with Crippen molar-refractivity contribution in [3.63, 3.8) is 0 Å². The Balaban J connectivity index is 2.69. The number of benzene rings is 1. The molecule has 5 heteroatoms. The molecule has 82 valence electrons. The Morgan fingerprint density at radius 2 is 1.73 bits per heavy atom. The number of rotatable bonds is 3. The average molecular weight is 217 g/mol. The lowest BCUT2D eigenvalue weighted by Gasteiger charge is -2.07. The Hall–Kier alpha value is -1.52. The fourth-order valence-corrected chi connectivity index (χ4v) is 1.11. The van der Waals surface area contributed by atoms with Gasteiger partial charge in [0.05, 0.1) is 5.56 Å². The zero-order valence-electron chi connectivity index (χ0n) is 7.67. The molecule has 2 nitrogen and oxygen atoms in total. The normalized spacial score (nSPS) is 11.4. The maximum atomic E-state index is 12.1. The fraction of sp³-hybridized carbons (Fsp3) is 0.300. The van der Waals surface area contributed by atoms with Crippen LogP contribution in [0.25, 0.3) is 0 Å². The lowest BCUT2D eigenvalue weighted by molar-refractivity contribution is -0.305. The van der Waals surface area contributed by atoms with Gasteiger partial charge in [-0.1, -0.05) is 12.1 Å². The molecule has 1 aromatic carbocycles. The molecule has 0 bridgehead atoms. The summed E-state index contributed by atoms with van der Waals surface area (Å²) in [6, 6.07) is 4.41. The van der Waals surface area contributed by atoms with Gasteiger partial charge in [0.15, 0.2) is 0 Å². The first-order valence-electron chi connectivity index (χ1n) is 4.25. The smallest absolute Gasteiger partial charge is 0.416 e. The van der Waals surface area contributed by atoms with E-state index in [1.807, 2.05) is 0 Å². The van der Waals surface area contributed by atoms with Crippen molar-refractivity contribution in [3.05, 3.63) is 35.4 Å². The van der Waals surface area contributed by atoms with E-state index in [0.29, 0.717) is 5.56 Å². The first kappa shape index (κ1) is 11.6. The van der Waals surface area contributed by atoms with Crippen LogP contribution in [-0.2, 0) is 17.4 Å². The number of carboxylic acid groups (broad SMARTS) is 1. The summed E-state index contributed by atoms with van der Waals surface area (Å²) in [5.41, 5.74) is -0.188. The molecule has 0 N–H and O–H groups in total. The van der Waals surface area contributed by atoms with Gasteiger partial charge in [-0.2, -0.15) is 13.2 Å². The van der Waals surface area contributed by atoms with Crippen molar-refractivity contribution in [3.8, 4) is 0 Å². The van der Waals surface area contributed by atoms with E-state index >= 15 is 0 Å². The number of aryl methyl sites for hydroxylation is 1. The predicted octanol–water partition coefficient (Wildman–Crippen LogP) is 1.39. The summed E-state index contributed by atoms with van der Waals surface area (Å²) in [5.74, 6) is -1.21. The van der Waals surface area contributed by atoms with Gasteiger partial charge in [-0.25, -0.2) is 0 Å². The molecule has 0 radical (unpaired) electrons. The van der Waals surface area contributed by atoms with Crippen molar-refractivity contribution in [2.75, 3.05) is 0 Å². The van der Waals surface area contributed by atoms with Crippen LogP contribution in [0.3, 0.4) is 0 Å². The van der Waals surface area contributed by atoms with Crippen molar-refractivity contribution in [1.29, 1.82) is 0 Å². The van der Waals surface area contributed by atoms with E-state index in [1.165, 1.54) is 12.1 Å². The summed E-state index contributed by atoms with van der Waals surface area (Å²) in [6.07, 6.45) is -4.36. The summed E-state index contributed by atoms with van der Waals surface area (Å²) >= 11 is 0. The Kier molecular flexibility index (Phi) is 3.34. The summed E-state index contributed by atoms with van der Waals surface area (Å²) in [5, 5.41) is 10.1. The Morgan fingerprint density at radius 1 is 1.20 bits per heavy atom. The maximum absolute atomic E-state index is 12.1. The first-order chi connectivity index (χ1) is 6.89. The van der Waals surface area contributed by atoms with Crippen molar-refractivity contribution >= 4 is 5.97 Å². The molecule has 0 amide bonds. The standard InChI is InChI=1S/C10H9F3O2/c11-10(12,13)8-4-1-7(2-5-8)3-6-9(14)15/h1-2,4-5H,3,6H2,(H,14,15)/p-1. The Morgan fingerprint density at radius 3 is 2.13 bits per heavy atom. The maximum Gasteiger partial charge on any atom is 0.416 e. The third-order valence-electron chi connectivity index (χ3n) is 1.90. The van der Waals surface area contributed by atoms with Crippen LogP contribution in [0.1, 0.15) is 17.5 Å². The minimum Gasteiger partial charge on any atom is -0.550 e. The second kappa shape index (κ2) is 4.33. The summed E-state index contributed by atoms with van der Waals surface area (Å²) in [6.45, 7) is 0. The molecule has 15 heavy (non-hydrogen) atoms. The highest BCUT2D eigenvalue weighted by molar-refractivity contribution is 5.64. The number of halogens is 3. The molecule has 1 aromatic rings. The van der Waals surface area contributed by atoms with Crippen molar-refractivity contribution in [2.45, 2.75) is 19.0 Å². The van der Waals surface area contributed by atoms with Crippen LogP contribution in [0.5, 0.6) is 0 Å². The molecule has 0 saturated heterocycles. The van der Waals surface area contributed by atoms with Crippen LogP contribution in [0, 0.1) is 0 Å². The van der Waals surface area contributed by atoms with Gasteiger partial charge in [0, 0.05) is 5.97 Å². The fourth-order valence-electron chi connectivity index (χ4n) is 1.11. The number of carbonyl (C=O) groups excluding carboxylic acids is 1. The topological polar surface area (TPSA) is 40.1 Å². The summed E-state index contributed by atoms with van der Waals surface area (Å²) in [4.78, 5) is 10.1. The van der Waals surface area contributed by atoms with Crippen LogP contribution in [0.4, 0.5) is 13.2 Å². The van der Waals surface area contributed by atoms with E-state index in [9.17, 15) is 23.1 Å². The Labute approximate surface area is 84.3 Å². The lowest BCUT2D eigenvalue weighted by Crippen LogP contribution is -2.22. The van der Waals surface area contributed by atoms with Gasteiger partial charge in [-0.05, 0) is 30.5 Å². The largest absolute Gasteiger partial charge is 0.550 e. The molecule has 0 aliphatic rings. The van der Waals surface area contributed by atoms with E-state index in [4.69, 9.17) is 0 Å². The first-order valence-corrected chi connectivity index (χ1v) is 4.25. The summed E-state index contributed by atoms with van der Waals surface area (Å²) in [7, 11) is 0. The highest BCUT2D eigenvalue weighted by Gasteiger charge is 2.29. The van der Waals surface area contributed by atoms with Gasteiger partial charge in [0.25, 0.3) is 0 Å².